The van der Waals surface area contributed by atoms with E-state index in [0.29, 0.717) is 0 Å². The number of ketones is 1. The van der Waals surface area contributed by atoms with Crippen LogP contribution in [-0.2, 0) is 4.79 Å². The van der Waals surface area contributed by atoms with Gasteiger partial charge in [0, 0.05) is 5.92 Å². The maximum absolute atomic E-state index is 11.0. The van der Waals surface area contributed by atoms with Crippen LogP contribution in [-0.4, -0.2) is 5.78 Å². The smallest absolute Gasteiger partial charge is 0.160 e. The molecule has 0 aromatic carbocycles. The van der Waals surface area contributed by atoms with Gasteiger partial charge in [0.15, 0.2) is 5.78 Å². The Kier molecular flexibility index (Phi) is 3.21. The minimum atomic E-state index is 0.140. The fourth-order valence-electron chi connectivity index (χ4n) is 0.598. The van der Waals surface area contributed by atoms with Gasteiger partial charge in [-0.25, -0.2) is 0 Å². The Labute approximate surface area is 56.8 Å². The van der Waals surface area contributed by atoms with Gasteiger partial charge in [-0.1, -0.05) is 19.9 Å². The van der Waals surface area contributed by atoms with Crippen LogP contribution in [0.5, 0.6) is 0 Å². The molecule has 1 heteroatoms. The van der Waals surface area contributed by atoms with Crippen LogP contribution in [0.15, 0.2) is 11.6 Å². The molecule has 0 aliphatic heterocycles. The lowest BCUT2D eigenvalue weighted by Crippen LogP contribution is -2.07. The first-order chi connectivity index (χ1) is 4.09. The van der Waals surface area contributed by atoms with Crippen molar-refractivity contribution in [1.29, 1.82) is 0 Å². The Balaban J connectivity index is 4.06. The number of allylic oxidation sites excluding steroid dienone is 2. The van der Waals surface area contributed by atoms with E-state index in [4.69, 9.17) is 0 Å². The maximum atomic E-state index is 11.0. The summed E-state index contributed by atoms with van der Waals surface area (Å²) in [5.41, 5.74) is 0.866. The molecule has 9 heavy (non-hydrogen) atoms. The normalized spacial score (nSPS) is 12.3. The predicted octanol–water partition coefficient (Wildman–Crippen LogP) is 2.18. The average Bonchev–Trinajstić information content (AvgIpc) is 1.84. The van der Waals surface area contributed by atoms with Crippen molar-refractivity contribution in [3.63, 3.8) is 0 Å². The Bertz CT molecular complexity index is 132. The van der Waals surface area contributed by atoms with E-state index in [9.17, 15) is 4.79 Å². The van der Waals surface area contributed by atoms with Crippen LogP contribution in [0.25, 0.3) is 0 Å². The molecule has 0 bridgehead atoms. The number of hydrogen-bond donors (Lipinski definition) is 0. The monoisotopic (exact) mass is 126 g/mol. The van der Waals surface area contributed by atoms with Crippen LogP contribution >= 0.6 is 0 Å². The van der Waals surface area contributed by atoms with Crippen molar-refractivity contribution in [2.24, 2.45) is 5.92 Å². The van der Waals surface area contributed by atoms with Crippen LogP contribution in [0, 0.1) is 5.92 Å². The molecule has 0 rings (SSSR count). The van der Waals surface area contributed by atoms with Crippen LogP contribution in [0.4, 0.5) is 0 Å². The summed E-state index contributed by atoms with van der Waals surface area (Å²) in [5.74, 6) is 0.388. The van der Waals surface area contributed by atoms with Crippen LogP contribution in [0.1, 0.15) is 27.7 Å². The highest BCUT2D eigenvalue weighted by atomic mass is 16.1. The number of hydrogen-bond acceptors (Lipinski definition) is 1. The van der Waals surface area contributed by atoms with Gasteiger partial charge in [0.25, 0.3) is 0 Å². The van der Waals surface area contributed by atoms with Crippen molar-refractivity contribution >= 4 is 5.78 Å². The quantitative estimate of drug-likeness (QED) is 0.518. The third-order valence-electron chi connectivity index (χ3n) is 1.35. The Morgan fingerprint density at radius 1 is 1.44 bits per heavy atom. The molecule has 0 aliphatic rings. The molecule has 0 amide bonds. The van der Waals surface area contributed by atoms with Gasteiger partial charge in [0.2, 0.25) is 0 Å². The number of carbonyl (C=O) groups is 1. The Morgan fingerprint density at radius 2 is 1.89 bits per heavy atom. The number of Topliss-reactive ketones (excluding diaryl/α,β-unsaturated/α-hetero) is 1. The van der Waals surface area contributed by atoms with Gasteiger partial charge in [-0.15, -0.1) is 0 Å². The molecular weight excluding hydrogens is 112 g/mol. The van der Waals surface area contributed by atoms with E-state index in [1.165, 1.54) is 0 Å². The fourth-order valence-corrected chi connectivity index (χ4v) is 0.598. The van der Waals surface area contributed by atoms with Crippen LogP contribution in [0.2, 0.25) is 0 Å². The lowest BCUT2D eigenvalue weighted by molar-refractivity contribution is -0.118. The van der Waals surface area contributed by atoms with E-state index in [1.807, 2.05) is 33.8 Å². The first kappa shape index (κ1) is 8.41. The maximum Gasteiger partial charge on any atom is 0.160 e. The molecule has 0 spiro atoms. The minimum absolute atomic E-state index is 0.140. The van der Waals surface area contributed by atoms with Crippen molar-refractivity contribution in [2.45, 2.75) is 27.7 Å². The van der Waals surface area contributed by atoms with E-state index in [1.54, 1.807) is 0 Å². The van der Waals surface area contributed by atoms with E-state index < -0.39 is 0 Å². The largest absolute Gasteiger partial charge is 0.294 e. The van der Waals surface area contributed by atoms with Gasteiger partial charge < -0.3 is 0 Å². The lowest BCUT2D eigenvalue weighted by Gasteiger charge is -2.01. The summed E-state index contributed by atoms with van der Waals surface area (Å²) in [5, 5.41) is 0. The second-order valence-corrected chi connectivity index (χ2v) is 2.49. The second-order valence-electron chi connectivity index (χ2n) is 2.49. The van der Waals surface area contributed by atoms with Crippen LogP contribution < -0.4 is 0 Å². The molecule has 0 atom stereocenters. The topological polar surface area (TPSA) is 17.1 Å². The molecule has 0 aromatic rings. The molecule has 52 valence electrons. The third kappa shape index (κ3) is 2.45. The Morgan fingerprint density at radius 3 is 2.00 bits per heavy atom. The van der Waals surface area contributed by atoms with Gasteiger partial charge in [0.05, 0.1) is 0 Å². The van der Waals surface area contributed by atoms with Gasteiger partial charge in [-0.2, -0.15) is 0 Å². The molecule has 0 unspecified atom stereocenters. The highest BCUT2D eigenvalue weighted by Crippen LogP contribution is 2.03. The molecule has 0 aromatic heterocycles. The van der Waals surface area contributed by atoms with E-state index in [2.05, 4.69) is 0 Å². The van der Waals surface area contributed by atoms with Gasteiger partial charge in [-0.3, -0.25) is 4.79 Å². The molecule has 0 saturated heterocycles. The van der Waals surface area contributed by atoms with Gasteiger partial charge in [-0.05, 0) is 19.4 Å². The molecule has 1 nitrogen and oxygen atoms in total. The molecule has 0 N–H and O–H groups in total. The van der Waals surface area contributed by atoms with Gasteiger partial charge in [0.1, 0.15) is 0 Å². The standard InChI is InChI=1S/C8H14O/c1-5-7(4)8(9)6(2)3/h5-6H,1-4H3/b7-5-. The molecule has 0 heterocycles. The fraction of sp³-hybridized carbons (Fsp3) is 0.625. The molecule has 0 radical (unpaired) electrons. The van der Waals surface area contributed by atoms with Gasteiger partial charge >= 0.3 is 0 Å². The highest BCUT2D eigenvalue weighted by molar-refractivity contribution is 5.95. The summed E-state index contributed by atoms with van der Waals surface area (Å²) in [4.78, 5) is 11.0. The van der Waals surface area contributed by atoms with Crippen molar-refractivity contribution in [2.75, 3.05) is 0 Å². The first-order valence-corrected chi connectivity index (χ1v) is 3.26. The number of carbonyl (C=O) groups excluding carboxylic acids is 1. The average molecular weight is 126 g/mol. The summed E-state index contributed by atoms with van der Waals surface area (Å²) in [7, 11) is 0. The van der Waals surface area contributed by atoms with E-state index in [-0.39, 0.29) is 11.7 Å². The SMILES string of the molecule is C/C=C(/C)C(=O)C(C)C. The van der Waals surface area contributed by atoms with Crippen molar-refractivity contribution < 1.29 is 4.79 Å². The van der Waals surface area contributed by atoms with Crippen molar-refractivity contribution in [1.82, 2.24) is 0 Å². The second kappa shape index (κ2) is 3.44. The summed E-state index contributed by atoms with van der Waals surface area (Å²) in [6.07, 6.45) is 1.85. The number of rotatable bonds is 2. The molecule has 0 saturated carbocycles. The molecule has 0 aliphatic carbocycles. The summed E-state index contributed by atoms with van der Waals surface area (Å²) < 4.78 is 0. The molecular formula is C8H14O. The van der Waals surface area contributed by atoms with E-state index in [0.717, 1.165) is 5.57 Å². The zero-order chi connectivity index (χ0) is 7.44. The minimum Gasteiger partial charge on any atom is -0.294 e. The Hall–Kier alpha value is -0.590. The zero-order valence-electron chi connectivity index (χ0n) is 6.56. The predicted molar refractivity (Wildman–Crippen MR) is 39.3 cm³/mol. The third-order valence-corrected chi connectivity index (χ3v) is 1.35. The van der Waals surface area contributed by atoms with E-state index >= 15 is 0 Å². The summed E-state index contributed by atoms with van der Waals surface area (Å²) in [6, 6.07) is 0. The first-order valence-electron chi connectivity index (χ1n) is 3.26. The molecule has 0 fully saturated rings. The lowest BCUT2D eigenvalue weighted by atomic mass is 10.0. The highest BCUT2D eigenvalue weighted by Gasteiger charge is 2.06. The summed E-state index contributed by atoms with van der Waals surface area (Å²) >= 11 is 0. The zero-order valence-corrected chi connectivity index (χ0v) is 6.56. The summed E-state index contributed by atoms with van der Waals surface area (Å²) in [6.45, 7) is 7.56. The van der Waals surface area contributed by atoms with Crippen LogP contribution in [0.3, 0.4) is 0 Å². The van der Waals surface area contributed by atoms with Crippen molar-refractivity contribution in [3.8, 4) is 0 Å². The van der Waals surface area contributed by atoms with Crippen molar-refractivity contribution in [3.05, 3.63) is 11.6 Å².